The minimum absolute atomic E-state index is 0.234. The van der Waals surface area contributed by atoms with Crippen molar-refractivity contribution in [1.29, 1.82) is 0 Å². The Bertz CT molecular complexity index is 415. The second kappa shape index (κ2) is 3.77. The lowest BCUT2D eigenvalue weighted by Gasteiger charge is -2.28. The fourth-order valence-electron chi connectivity index (χ4n) is 1.88. The first kappa shape index (κ1) is 10.9. The van der Waals surface area contributed by atoms with Gasteiger partial charge < -0.3 is 10.4 Å². The largest absolute Gasteiger partial charge is 0.480 e. The van der Waals surface area contributed by atoms with Crippen LogP contribution in [-0.2, 0) is 4.79 Å². The number of anilines is 1. The lowest BCUT2D eigenvalue weighted by atomic mass is 9.95. The van der Waals surface area contributed by atoms with E-state index in [1.807, 2.05) is 13.0 Å². The van der Waals surface area contributed by atoms with Crippen LogP contribution in [0.1, 0.15) is 25.3 Å². The fourth-order valence-corrected chi connectivity index (χ4v) is 1.88. The summed E-state index contributed by atoms with van der Waals surface area (Å²) in [7, 11) is 0. The molecule has 1 aromatic heterocycles. The maximum Gasteiger partial charge on any atom is 0.329 e. The van der Waals surface area contributed by atoms with Crippen LogP contribution >= 0.6 is 0 Å². The Balaban J connectivity index is 2.24. The van der Waals surface area contributed by atoms with Crippen molar-refractivity contribution in [3.63, 3.8) is 0 Å². The molecule has 1 aliphatic rings. The van der Waals surface area contributed by atoms with E-state index in [2.05, 4.69) is 10.3 Å². The van der Waals surface area contributed by atoms with Crippen LogP contribution in [-0.4, -0.2) is 21.6 Å². The lowest BCUT2D eigenvalue weighted by molar-refractivity contribution is -0.142. The summed E-state index contributed by atoms with van der Waals surface area (Å²) >= 11 is 0. The third kappa shape index (κ3) is 1.87. The van der Waals surface area contributed by atoms with E-state index < -0.39 is 11.5 Å². The minimum atomic E-state index is -0.855. The second-order valence-corrected chi connectivity index (χ2v) is 4.60. The van der Waals surface area contributed by atoms with Crippen molar-refractivity contribution in [1.82, 2.24) is 4.98 Å². The number of carboxylic acid groups (broad SMARTS) is 1. The summed E-state index contributed by atoms with van der Waals surface area (Å²) in [5.41, 5.74) is 0.967. The van der Waals surface area contributed by atoms with Gasteiger partial charge in [0.15, 0.2) is 0 Å². The SMILES string of the molecule is Cc1cnccc1NC(C)(C(=O)O)C1CC1. The van der Waals surface area contributed by atoms with E-state index in [1.54, 1.807) is 19.3 Å². The fraction of sp³-hybridized carbons (Fsp3) is 0.500. The summed E-state index contributed by atoms with van der Waals surface area (Å²) in [6, 6.07) is 1.82. The Hall–Kier alpha value is -1.58. The monoisotopic (exact) mass is 220 g/mol. The van der Waals surface area contributed by atoms with Gasteiger partial charge in [-0.2, -0.15) is 0 Å². The molecule has 0 bridgehead atoms. The Labute approximate surface area is 94.7 Å². The van der Waals surface area contributed by atoms with Crippen LogP contribution in [0.25, 0.3) is 0 Å². The molecule has 86 valence electrons. The highest BCUT2D eigenvalue weighted by atomic mass is 16.4. The molecule has 4 nitrogen and oxygen atoms in total. The van der Waals surface area contributed by atoms with E-state index in [0.717, 1.165) is 24.1 Å². The molecule has 0 aromatic carbocycles. The van der Waals surface area contributed by atoms with E-state index in [-0.39, 0.29) is 5.92 Å². The van der Waals surface area contributed by atoms with Gasteiger partial charge in [-0.1, -0.05) is 0 Å². The molecule has 1 fully saturated rings. The molecule has 0 aliphatic heterocycles. The Morgan fingerprint density at radius 2 is 2.31 bits per heavy atom. The molecule has 0 spiro atoms. The van der Waals surface area contributed by atoms with Gasteiger partial charge in [0.2, 0.25) is 0 Å². The first-order valence-corrected chi connectivity index (χ1v) is 5.46. The van der Waals surface area contributed by atoms with Gasteiger partial charge in [0.05, 0.1) is 0 Å². The number of aromatic nitrogens is 1. The molecule has 2 N–H and O–H groups in total. The molecule has 0 saturated heterocycles. The predicted molar refractivity (Wildman–Crippen MR) is 61.4 cm³/mol. The molecule has 1 unspecified atom stereocenters. The van der Waals surface area contributed by atoms with Gasteiger partial charge in [-0.15, -0.1) is 0 Å². The quantitative estimate of drug-likeness (QED) is 0.815. The number of nitrogens with one attached hydrogen (secondary N) is 1. The van der Waals surface area contributed by atoms with Gasteiger partial charge in [-0.05, 0) is 44.2 Å². The highest BCUT2D eigenvalue weighted by molar-refractivity contribution is 5.83. The first-order chi connectivity index (χ1) is 7.54. The van der Waals surface area contributed by atoms with Crippen molar-refractivity contribution in [2.24, 2.45) is 5.92 Å². The number of aliphatic carboxylic acids is 1. The van der Waals surface area contributed by atoms with Crippen LogP contribution in [0.2, 0.25) is 0 Å². The highest BCUT2D eigenvalue weighted by Gasteiger charge is 2.47. The summed E-state index contributed by atoms with van der Waals surface area (Å²) < 4.78 is 0. The molecular weight excluding hydrogens is 204 g/mol. The third-order valence-corrected chi connectivity index (χ3v) is 3.25. The molecule has 0 amide bonds. The molecule has 4 heteroatoms. The van der Waals surface area contributed by atoms with Crippen LogP contribution in [0.15, 0.2) is 18.5 Å². The van der Waals surface area contributed by atoms with Crippen LogP contribution in [0.4, 0.5) is 5.69 Å². The van der Waals surface area contributed by atoms with Crippen molar-refractivity contribution >= 4 is 11.7 Å². The van der Waals surface area contributed by atoms with E-state index in [0.29, 0.717) is 0 Å². The van der Waals surface area contributed by atoms with Crippen molar-refractivity contribution in [3.8, 4) is 0 Å². The Morgan fingerprint density at radius 3 is 2.81 bits per heavy atom. The van der Waals surface area contributed by atoms with Gasteiger partial charge >= 0.3 is 5.97 Å². The molecule has 1 atom stereocenters. The van der Waals surface area contributed by atoms with E-state index >= 15 is 0 Å². The van der Waals surface area contributed by atoms with Gasteiger partial charge in [-0.3, -0.25) is 4.98 Å². The van der Waals surface area contributed by atoms with Gasteiger partial charge in [-0.25, -0.2) is 4.79 Å². The van der Waals surface area contributed by atoms with Gasteiger partial charge in [0.1, 0.15) is 5.54 Å². The van der Waals surface area contributed by atoms with Crippen molar-refractivity contribution in [2.45, 2.75) is 32.2 Å². The minimum Gasteiger partial charge on any atom is -0.480 e. The van der Waals surface area contributed by atoms with Crippen molar-refractivity contribution in [3.05, 3.63) is 24.0 Å². The Morgan fingerprint density at radius 1 is 1.62 bits per heavy atom. The molecule has 1 aliphatic carbocycles. The number of rotatable bonds is 4. The van der Waals surface area contributed by atoms with E-state index in [4.69, 9.17) is 0 Å². The lowest BCUT2D eigenvalue weighted by Crippen LogP contribution is -2.45. The standard InChI is InChI=1S/C12H16N2O2/c1-8-7-13-6-5-10(8)14-12(2,11(15)16)9-3-4-9/h5-7,9H,3-4H2,1-2H3,(H,13,14)(H,15,16). The number of carboxylic acids is 1. The van der Waals surface area contributed by atoms with Crippen LogP contribution in [0, 0.1) is 12.8 Å². The van der Waals surface area contributed by atoms with Crippen molar-refractivity contribution in [2.75, 3.05) is 5.32 Å². The molecule has 2 rings (SSSR count). The normalized spacial score (nSPS) is 18.9. The average Bonchev–Trinajstić information content (AvgIpc) is 3.04. The molecule has 0 radical (unpaired) electrons. The number of aryl methyl sites for hydroxylation is 1. The van der Waals surface area contributed by atoms with E-state index in [9.17, 15) is 9.90 Å². The molecule has 1 saturated carbocycles. The highest BCUT2D eigenvalue weighted by Crippen LogP contribution is 2.41. The average molecular weight is 220 g/mol. The van der Waals surface area contributed by atoms with E-state index in [1.165, 1.54) is 0 Å². The second-order valence-electron chi connectivity index (χ2n) is 4.60. The predicted octanol–water partition coefficient (Wildman–Crippen LogP) is 2.06. The van der Waals surface area contributed by atoms with Crippen LogP contribution in [0.5, 0.6) is 0 Å². The Kier molecular flexibility index (Phi) is 2.58. The summed E-state index contributed by atoms with van der Waals surface area (Å²) in [5.74, 6) is -0.552. The smallest absolute Gasteiger partial charge is 0.329 e. The summed E-state index contributed by atoms with van der Waals surface area (Å²) in [6.45, 7) is 3.68. The van der Waals surface area contributed by atoms with Crippen molar-refractivity contribution < 1.29 is 9.90 Å². The summed E-state index contributed by atoms with van der Waals surface area (Å²) in [5, 5.41) is 12.5. The zero-order valence-corrected chi connectivity index (χ0v) is 9.53. The maximum absolute atomic E-state index is 11.3. The zero-order valence-electron chi connectivity index (χ0n) is 9.53. The summed E-state index contributed by atoms with van der Waals surface area (Å²) in [6.07, 6.45) is 5.38. The number of hydrogen-bond donors (Lipinski definition) is 2. The number of nitrogens with zero attached hydrogens (tertiary/aromatic N) is 1. The summed E-state index contributed by atoms with van der Waals surface area (Å²) in [4.78, 5) is 15.3. The number of carbonyl (C=O) groups is 1. The maximum atomic E-state index is 11.3. The topological polar surface area (TPSA) is 62.2 Å². The molecule has 1 aromatic rings. The zero-order chi connectivity index (χ0) is 11.8. The first-order valence-electron chi connectivity index (χ1n) is 5.46. The van der Waals surface area contributed by atoms with Crippen LogP contribution < -0.4 is 5.32 Å². The molecular formula is C12H16N2O2. The number of hydrogen-bond acceptors (Lipinski definition) is 3. The van der Waals surface area contributed by atoms with Gasteiger partial charge in [0.25, 0.3) is 0 Å². The number of pyridine rings is 1. The molecule has 1 heterocycles. The third-order valence-electron chi connectivity index (χ3n) is 3.25. The van der Waals surface area contributed by atoms with Gasteiger partial charge in [0, 0.05) is 18.1 Å². The van der Waals surface area contributed by atoms with Crippen LogP contribution in [0.3, 0.4) is 0 Å². The molecule has 16 heavy (non-hydrogen) atoms.